The second kappa shape index (κ2) is 7.08. The van der Waals surface area contributed by atoms with E-state index in [1.54, 1.807) is 0 Å². The lowest BCUT2D eigenvalue weighted by atomic mass is 9.92. The summed E-state index contributed by atoms with van der Waals surface area (Å²) in [6, 6.07) is 6.28. The fourth-order valence-corrected chi connectivity index (χ4v) is 2.22. The fourth-order valence-electron chi connectivity index (χ4n) is 2.22. The molecular formula is C18H30N2O. The molecule has 0 unspecified atom stereocenters. The number of amides is 1. The Kier molecular flexibility index (Phi) is 5.97. The molecule has 0 spiro atoms. The van der Waals surface area contributed by atoms with E-state index in [-0.39, 0.29) is 11.4 Å². The number of nitrogens with one attached hydrogen (secondary N) is 2. The van der Waals surface area contributed by atoms with Gasteiger partial charge < -0.3 is 10.6 Å². The molecule has 0 radical (unpaired) electrons. The SMILES string of the molecule is CC(C)c1cccc(C(C)C)c1NC(=O)CNC(C)(C)C. The maximum atomic E-state index is 12.2. The lowest BCUT2D eigenvalue weighted by Crippen LogP contribution is -2.41. The van der Waals surface area contributed by atoms with Crippen molar-refractivity contribution in [3.63, 3.8) is 0 Å². The van der Waals surface area contributed by atoms with Gasteiger partial charge >= 0.3 is 0 Å². The van der Waals surface area contributed by atoms with Crippen LogP contribution in [0.5, 0.6) is 0 Å². The van der Waals surface area contributed by atoms with E-state index in [2.05, 4.69) is 77.3 Å². The number of para-hydroxylation sites is 1. The van der Waals surface area contributed by atoms with Gasteiger partial charge in [0.25, 0.3) is 0 Å². The van der Waals surface area contributed by atoms with Crippen molar-refractivity contribution in [2.75, 3.05) is 11.9 Å². The van der Waals surface area contributed by atoms with Crippen molar-refractivity contribution in [2.45, 2.75) is 65.8 Å². The van der Waals surface area contributed by atoms with E-state index in [1.807, 2.05) is 0 Å². The zero-order chi connectivity index (χ0) is 16.2. The molecule has 21 heavy (non-hydrogen) atoms. The van der Waals surface area contributed by atoms with Crippen LogP contribution in [0.15, 0.2) is 18.2 Å². The highest BCUT2D eigenvalue weighted by Crippen LogP contribution is 2.32. The van der Waals surface area contributed by atoms with E-state index >= 15 is 0 Å². The predicted octanol–water partition coefficient (Wildman–Crippen LogP) is 4.26. The number of hydrogen-bond acceptors (Lipinski definition) is 2. The summed E-state index contributed by atoms with van der Waals surface area (Å²) < 4.78 is 0. The Morgan fingerprint density at radius 1 is 1.05 bits per heavy atom. The summed E-state index contributed by atoms with van der Waals surface area (Å²) >= 11 is 0. The van der Waals surface area contributed by atoms with Gasteiger partial charge in [0.1, 0.15) is 0 Å². The highest BCUT2D eigenvalue weighted by molar-refractivity contribution is 5.94. The molecule has 1 aromatic carbocycles. The first-order valence-electron chi connectivity index (χ1n) is 7.79. The van der Waals surface area contributed by atoms with Crippen molar-refractivity contribution < 1.29 is 4.79 Å². The highest BCUT2D eigenvalue weighted by atomic mass is 16.1. The minimum Gasteiger partial charge on any atom is -0.324 e. The third kappa shape index (κ3) is 5.50. The topological polar surface area (TPSA) is 41.1 Å². The van der Waals surface area contributed by atoms with Crippen molar-refractivity contribution in [3.05, 3.63) is 29.3 Å². The zero-order valence-corrected chi connectivity index (χ0v) is 14.5. The Labute approximate surface area is 129 Å². The van der Waals surface area contributed by atoms with E-state index in [1.165, 1.54) is 11.1 Å². The van der Waals surface area contributed by atoms with Crippen LogP contribution in [0, 0.1) is 0 Å². The molecule has 118 valence electrons. The molecule has 0 heterocycles. The van der Waals surface area contributed by atoms with Gasteiger partial charge in [-0.15, -0.1) is 0 Å². The van der Waals surface area contributed by atoms with Gasteiger partial charge in [0.05, 0.1) is 6.54 Å². The van der Waals surface area contributed by atoms with E-state index in [4.69, 9.17) is 0 Å². The smallest absolute Gasteiger partial charge is 0.238 e. The summed E-state index contributed by atoms with van der Waals surface area (Å²) in [5, 5.41) is 6.34. The first-order valence-corrected chi connectivity index (χ1v) is 7.79. The molecule has 2 N–H and O–H groups in total. The molecular weight excluding hydrogens is 260 g/mol. The van der Waals surface area contributed by atoms with Crippen molar-refractivity contribution in [2.24, 2.45) is 0 Å². The molecule has 0 aliphatic carbocycles. The molecule has 0 aliphatic rings. The Morgan fingerprint density at radius 3 is 1.90 bits per heavy atom. The summed E-state index contributed by atoms with van der Waals surface area (Å²) in [7, 11) is 0. The van der Waals surface area contributed by atoms with Gasteiger partial charge in [-0.25, -0.2) is 0 Å². The Hall–Kier alpha value is -1.35. The van der Waals surface area contributed by atoms with Crippen molar-refractivity contribution in [1.29, 1.82) is 0 Å². The normalized spacial score (nSPS) is 12.0. The van der Waals surface area contributed by atoms with Crippen LogP contribution < -0.4 is 10.6 Å². The number of carbonyl (C=O) groups excluding carboxylic acids is 1. The highest BCUT2D eigenvalue weighted by Gasteiger charge is 2.17. The van der Waals surface area contributed by atoms with Crippen LogP contribution in [0.1, 0.15) is 71.4 Å². The van der Waals surface area contributed by atoms with Crippen LogP contribution in [0.4, 0.5) is 5.69 Å². The molecule has 0 aromatic heterocycles. The van der Waals surface area contributed by atoms with Gasteiger partial charge in [0.2, 0.25) is 5.91 Å². The van der Waals surface area contributed by atoms with Crippen molar-refractivity contribution in [3.8, 4) is 0 Å². The summed E-state index contributed by atoms with van der Waals surface area (Å²) in [6.45, 7) is 15.1. The molecule has 1 aromatic rings. The average molecular weight is 290 g/mol. The third-order valence-electron chi connectivity index (χ3n) is 3.42. The van der Waals surface area contributed by atoms with Crippen molar-refractivity contribution in [1.82, 2.24) is 5.32 Å². The van der Waals surface area contributed by atoms with Gasteiger partial charge in [-0.2, -0.15) is 0 Å². The minimum absolute atomic E-state index is 0.0138. The molecule has 3 nitrogen and oxygen atoms in total. The van der Waals surface area contributed by atoms with Crippen molar-refractivity contribution >= 4 is 11.6 Å². The van der Waals surface area contributed by atoms with Crippen LogP contribution in [0.2, 0.25) is 0 Å². The van der Waals surface area contributed by atoms with Gasteiger partial charge in [-0.05, 0) is 43.7 Å². The molecule has 3 heteroatoms. The van der Waals surface area contributed by atoms with Crippen LogP contribution in [0.25, 0.3) is 0 Å². The van der Waals surface area contributed by atoms with Crippen LogP contribution in [-0.4, -0.2) is 18.0 Å². The first kappa shape index (κ1) is 17.7. The molecule has 1 rings (SSSR count). The second-order valence-electron chi connectivity index (χ2n) is 7.27. The van der Waals surface area contributed by atoms with Gasteiger partial charge in [-0.1, -0.05) is 45.9 Å². The zero-order valence-electron chi connectivity index (χ0n) is 14.5. The summed E-state index contributed by atoms with van der Waals surface area (Å²) in [6.07, 6.45) is 0. The third-order valence-corrected chi connectivity index (χ3v) is 3.42. The largest absolute Gasteiger partial charge is 0.324 e. The molecule has 0 bridgehead atoms. The molecule has 0 aliphatic heterocycles. The standard InChI is InChI=1S/C18H30N2O/c1-12(2)14-9-8-10-15(13(3)4)17(14)20-16(21)11-19-18(5,6)7/h8-10,12-13,19H,11H2,1-7H3,(H,20,21). The summed E-state index contributed by atoms with van der Waals surface area (Å²) in [5.41, 5.74) is 3.33. The Balaban J connectivity index is 2.97. The second-order valence-corrected chi connectivity index (χ2v) is 7.27. The maximum Gasteiger partial charge on any atom is 0.238 e. The minimum atomic E-state index is -0.0597. The van der Waals surface area contributed by atoms with Gasteiger partial charge in [0.15, 0.2) is 0 Å². The monoisotopic (exact) mass is 290 g/mol. The molecule has 0 saturated heterocycles. The quantitative estimate of drug-likeness (QED) is 0.850. The number of rotatable bonds is 5. The molecule has 0 fully saturated rings. The van der Waals surface area contributed by atoms with Gasteiger partial charge in [-0.3, -0.25) is 4.79 Å². The van der Waals surface area contributed by atoms with Crippen LogP contribution >= 0.6 is 0 Å². The Bertz CT molecular complexity index is 458. The molecule has 0 atom stereocenters. The number of anilines is 1. The maximum absolute atomic E-state index is 12.2. The summed E-state index contributed by atoms with van der Waals surface area (Å²) in [5.74, 6) is 0.782. The van der Waals surface area contributed by atoms with E-state index in [9.17, 15) is 4.79 Å². The molecule has 0 saturated carbocycles. The van der Waals surface area contributed by atoms with Crippen LogP contribution in [-0.2, 0) is 4.79 Å². The fraction of sp³-hybridized carbons (Fsp3) is 0.611. The predicted molar refractivity (Wildman–Crippen MR) is 91.0 cm³/mol. The van der Waals surface area contributed by atoms with E-state index in [0.29, 0.717) is 18.4 Å². The van der Waals surface area contributed by atoms with Crippen LogP contribution in [0.3, 0.4) is 0 Å². The number of carbonyl (C=O) groups is 1. The lowest BCUT2D eigenvalue weighted by Gasteiger charge is -2.23. The number of benzene rings is 1. The lowest BCUT2D eigenvalue weighted by molar-refractivity contribution is -0.115. The Morgan fingerprint density at radius 2 is 1.52 bits per heavy atom. The van der Waals surface area contributed by atoms with E-state index in [0.717, 1.165) is 5.69 Å². The number of hydrogen-bond donors (Lipinski definition) is 2. The molecule has 1 amide bonds. The van der Waals surface area contributed by atoms with Gasteiger partial charge in [0, 0.05) is 11.2 Å². The average Bonchev–Trinajstić information content (AvgIpc) is 2.35. The summed E-state index contributed by atoms with van der Waals surface area (Å²) in [4.78, 5) is 12.2. The first-order chi connectivity index (χ1) is 9.61. The van der Waals surface area contributed by atoms with E-state index < -0.39 is 0 Å².